The summed E-state index contributed by atoms with van der Waals surface area (Å²) in [5, 5.41) is 14.1. The molecule has 1 aromatic heterocycles. The summed E-state index contributed by atoms with van der Waals surface area (Å²) in [5.74, 6) is 0.195. The number of piperidine rings is 1. The Morgan fingerprint density at radius 3 is 2.63 bits per heavy atom. The van der Waals surface area contributed by atoms with Crippen LogP contribution in [-0.2, 0) is 4.74 Å². The van der Waals surface area contributed by atoms with Gasteiger partial charge in [-0.1, -0.05) is 44.0 Å². The van der Waals surface area contributed by atoms with Crippen LogP contribution in [0.5, 0.6) is 5.75 Å². The summed E-state index contributed by atoms with van der Waals surface area (Å²) in [5.41, 5.74) is 2.56. The summed E-state index contributed by atoms with van der Waals surface area (Å²) >= 11 is 3.75. The lowest BCUT2D eigenvalue weighted by Crippen LogP contribution is -2.32. The minimum atomic E-state index is -0.481. The lowest BCUT2D eigenvalue weighted by Gasteiger charge is -2.25. The Labute approximate surface area is 229 Å². The first-order valence-corrected chi connectivity index (χ1v) is 12.9. The third kappa shape index (κ3) is 7.92. The van der Waals surface area contributed by atoms with Crippen LogP contribution in [0.4, 0.5) is 5.69 Å². The number of fused-ring (bicyclic) bond motifs is 1. The molecule has 2 aromatic carbocycles. The summed E-state index contributed by atoms with van der Waals surface area (Å²) in [4.78, 5) is 22.5. The number of rotatable bonds is 9. The fraction of sp³-hybridized carbons (Fsp3) is 0.357. The number of methoxy groups -OCH3 is 2. The van der Waals surface area contributed by atoms with Crippen LogP contribution < -0.4 is 14.8 Å². The number of benzene rings is 2. The molecule has 2 N–H and O–H groups in total. The van der Waals surface area contributed by atoms with Crippen LogP contribution in [-0.4, -0.2) is 67.8 Å². The molecule has 0 bridgehead atoms. The van der Waals surface area contributed by atoms with Gasteiger partial charge in [-0.05, 0) is 49.5 Å². The number of likely N-dealkylation sites (tertiary alicyclic amines) is 1. The summed E-state index contributed by atoms with van der Waals surface area (Å²) < 4.78 is 12.7. The maximum atomic E-state index is 11.8. The number of nitrogens with zero attached hydrogens (tertiary/aromatic N) is 4. The Morgan fingerprint density at radius 2 is 1.95 bits per heavy atom. The number of aromatic nitrogens is 2. The van der Waals surface area contributed by atoms with Gasteiger partial charge in [0.05, 0.1) is 31.2 Å². The van der Waals surface area contributed by atoms with E-state index < -0.39 is 5.91 Å². The first kappa shape index (κ1) is 28.9. The SMILES string of the molecule is C=C(C#N)CNc1c(OC)ccc2ccc(-c3ccnc(C(=O)NS)n3)cc12.COCCN1CCCCC1. The van der Waals surface area contributed by atoms with Crippen molar-refractivity contribution in [1.29, 1.82) is 5.26 Å². The molecule has 2 heterocycles. The number of nitriles is 1. The van der Waals surface area contributed by atoms with E-state index in [1.807, 2.05) is 36.4 Å². The molecule has 0 unspecified atom stereocenters. The molecule has 10 heteroatoms. The molecule has 9 nitrogen and oxygen atoms in total. The standard InChI is InChI=1S/C20H17N5O2S.C8H17NO/c1-12(10-21)11-23-18-15-9-14(4-3-13(15)5-6-17(18)27-2)16-7-8-22-19(24-16)20(26)25-28;1-10-8-7-9-5-3-2-4-6-9/h3-9,23,28H,1,11H2,2H3,(H,25,26);2-8H2,1H3. The zero-order valence-electron chi connectivity index (χ0n) is 21.9. The Balaban J connectivity index is 0.000000336. The molecule has 0 radical (unpaired) electrons. The van der Waals surface area contributed by atoms with Gasteiger partial charge in [0.1, 0.15) is 5.75 Å². The topological polar surface area (TPSA) is 112 Å². The molecule has 1 saturated heterocycles. The largest absolute Gasteiger partial charge is 0.495 e. The second-order valence-electron chi connectivity index (χ2n) is 8.75. The number of carbonyl (C=O) groups is 1. The van der Waals surface area contributed by atoms with E-state index >= 15 is 0 Å². The van der Waals surface area contributed by atoms with E-state index in [0.717, 1.165) is 35.2 Å². The third-order valence-electron chi connectivity index (χ3n) is 6.16. The number of hydrogen-bond acceptors (Lipinski definition) is 9. The van der Waals surface area contributed by atoms with E-state index in [2.05, 4.69) is 44.3 Å². The number of thiol groups is 1. The van der Waals surface area contributed by atoms with Crippen molar-refractivity contribution in [2.24, 2.45) is 0 Å². The third-order valence-corrected chi connectivity index (χ3v) is 6.36. The zero-order valence-corrected chi connectivity index (χ0v) is 22.8. The highest BCUT2D eigenvalue weighted by molar-refractivity contribution is 7.78. The molecule has 0 atom stereocenters. The number of anilines is 1. The number of carbonyl (C=O) groups excluding carboxylic acids is 1. The predicted octanol–water partition coefficient (Wildman–Crippen LogP) is 4.49. The van der Waals surface area contributed by atoms with Crippen molar-refractivity contribution >= 4 is 35.2 Å². The molecular formula is C28H34N6O3S. The van der Waals surface area contributed by atoms with Gasteiger partial charge >= 0.3 is 0 Å². The average Bonchev–Trinajstić information content (AvgIpc) is 2.98. The molecule has 0 aliphatic carbocycles. The number of hydrogen-bond donors (Lipinski definition) is 3. The Kier molecular flexibility index (Phi) is 11.4. The summed E-state index contributed by atoms with van der Waals surface area (Å²) in [6.07, 6.45) is 5.70. The first-order chi connectivity index (χ1) is 18.5. The molecule has 4 rings (SSSR count). The highest BCUT2D eigenvalue weighted by Crippen LogP contribution is 2.35. The zero-order chi connectivity index (χ0) is 27.3. The number of ether oxygens (including phenoxy) is 2. The lowest BCUT2D eigenvalue weighted by molar-refractivity contribution is 0.0975. The summed E-state index contributed by atoms with van der Waals surface area (Å²) in [6.45, 7) is 8.57. The summed E-state index contributed by atoms with van der Waals surface area (Å²) in [6, 6.07) is 13.4. The van der Waals surface area contributed by atoms with E-state index in [4.69, 9.17) is 14.7 Å². The van der Waals surface area contributed by atoms with Gasteiger partial charge in [-0.25, -0.2) is 9.97 Å². The molecule has 1 aliphatic heterocycles. The molecular weight excluding hydrogens is 500 g/mol. The highest BCUT2D eigenvalue weighted by Gasteiger charge is 2.13. The molecule has 0 spiro atoms. The Bertz CT molecular complexity index is 1290. The molecule has 3 aromatic rings. The maximum Gasteiger partial charge on any atom is 0.298 e. The molecule has 1 fully saturated rings. The molecule has 0 saturated carbocycles. The van der Waals surface area contributed by atoms with Gasteiger partial charge in [0.25, 0.3) is 5.91 Å². The van der Waals surface area contributed by atoms with Crippen LogP contribution in [0, 0.1) is 11.3 Å². The van der Waals surface area contributed by atoms with Crippen LogP contribution in [0.1, 0.15) is 29.9 Å². The molecule has 1 amide bonds. The first-order valence-electron chi connectivity index (χ1n) is 12.4. The van der Waals surface area contributed by atoms with Gasteiger partial charge in [0.2, 0.25) is 5.82 Å². The quantitative estimate of drug-likeness (QED) is 0.272. The van der Waals surface area contributed by atoms with Gasteiger partial charge in [0.15, 0.2) is 0 Å². The van der Waals surface area contributed by atoms with Crippen LogP contribution in [0.3, 0.4) is 0 Å². The van der Waals surface area contributed by atoms with Crippen molar-refractivity contribution in [3.8, 4) is 23.1 Å². The Hall–Kier alpha value is -3.65. The van der Waals surface area contributed by atoms with Crippen molar-refractivity contribution in [2.45, 2.75) is 19.3 Å². The van der Waals surface area contributed by atoms with Crippen LogP contribution in [0.15, 0.2) is 54.7 Å². The van der Waals surface area contributed by atoms with Crippen molar-refractivity contribution in [3.63, 3.8) is 0 Å². The van der Waals surface area contributed by atoms with Crippen molar-refractivity contribution in [3.05, 3.63) is 60.6 Å². The van der Waals surface area contributed by atoms with E-state index in [0.29, 0.717) is 23.6 Å². The van der Waals surface area contributed by atoms with Gasteiger partial charge < -0.3 is 19.7 Å². The van der Waals surface area contributed by atoms with E-state index in [-0.39, 0.29) is 5.82 Å². The van der Waals surface area contributed by atoms with Crippen LogP contribution in [0.2, 0.25) is 0 Å². The summed E-state index contributed by atoms with van der Waals surface area (Å²) in [7, 11) is 3.35. The highest BCUT2D eigenvalue weighted by atomic mass is 32.1. The van der Waals surface area contributed by atoms with E-state index in [1.54, 1.807) is 20.3 Å². The van der Waals surface area contributed by atoms with Gasteiger partial charge in [0, 0.05) is 42.9 Å². The fourth-order valence-corrected chi connectivity index (χ4v) is 4.23. The lowest BCUT2D eigenvalue weighted by atomic mass is 10.0. The molecule has 200 valence electrons. The van der Waals surface area contributed by atoms with Gasteiger partial charge in [-0.3, -0.25) is 9.52 Å². The van der Waals surface area contributed by atoms with Crippen molar-refractivity contribution < 1.29 is 14.3 Å². The molecule has 1 aliphatic rings. The maximum absolute atomic E-state index is 11.8. The number of amides is 1. The average molecular weight is 535 g/mol. The van der Waals surface area contributed by atoms with E-state index in [1.165, 1.54) is 38.5 Å². The van der Waals surface area contributed by atoms with Crippen LogP contribution in [0.25, 0.3) is 22.0 Å². The predicted molar refractivity (Wildman–Crippen MR) is 153 cm³/mol. The second-order valence-corrected chi connectivity index (χ2v) is 8.97. The minimum Gasteiger partial charge on any atom is -0.495 e. The monoisotopic (exact) mass is 534 g/mol. The normalized spacial score (nSPS) is 13.1. The fourth-order valence-electron chi connectivity index (χ4n) is 4.13. The van der Waals surface area contributed by atoms with Crippen molar-refractivity contribution in [2.75, 3.05) is 52.3 Å². The Morgan fingerprint density at radius 1 is 1.18 bits per heavy atom. The smallest absolute Gasteiger partial charge is 0.298 e. The van der Waals surface area contributed by atoms with Gasteiger partial charge in [-0.15, -0.1) is 0 Å². The minimum absolute atomic E-state index is 0.0295. The molecule has 38 heavy (non-hydrogen) atoms. The van der Waals surface area contributed by atoms with E-state index in [9.17, 15) is 4.79 Å². The van der Waals surface area contributed by atoms with Crippen molar-refractivity contribution in [1.82, 2.24) is 19.6 Å². The second kappa shape index (κ2) is 14.9. The van der Waals surface area contributed by atoms with Crippen LogP contribution >= 0.6 is 12.8 Å². The van der Waals surface area contributed by atoms with Gasteiger partial charge in [-0.2, -0.15) is 5.26 Å². The number of nitrogens with one attached hydrogen (secondary N) is 2.